The lowest BCUT2D eigenvalue weighted by Gasteiger charge is -2.45. The van der Waals surface area contributed by atoms with Gasteiger partial charge >= 0.3 is 0 Å². The second-order valence-corrected chi connectivity index (χ2v) is 16.8. The highest BCUT2D eigenvalue weighted by Gasteiger charge is 2.49. The van der Waals surface area contributed by atoms with E-state index in [0.29, 0.717) is 4.90 Å². The van der Waals surface area contributed by atoms with Gasteiger partial charge in [0.05, 0.1) is 89.0 Å². The van der Waals surface area contributed by atoms with Gasteiger partial charge in [0.2, 0.25) is 0 Å². The largest absolute Gasteiger partial charge is 0.468 e. The van der Waals surface area contributed by atoms with Gasteiger partial charge in [-0.2, -0.15) is 0 Å². The molecule has 3 aliphatic heterocycles. The molecule has 15 rings (SSSR count). The summed E-state index contributed by atoms with van der Waals surface area (Å²) in [5.74, 6) is 0. The van der Waals surface area contributed by atoms with Crippen LogP contribution in [0.3, 0.4) is 0 Å². The zero-order valence-electron chi connectivity index (χ0n) is 66.7. The second kappa shape index (κ2) is 13.1. The lowest BCUT2D eigenvalue weighted by Crippen LogP contribution is -2.61. The topological polar surface area (TPSA) is 40.9 Å². The molecule has 0 saturated carbocycles. The maximum absolute atomic E-state index is 11.1. The molecule has 0 atom stereocenters. The van der Waals surface area contributed by atoms with Crippen LogP contribution in [0.2, 0.25) is 0 Å². The summed E-state index contributed by atoms with van der Waals surface area (Å²) in [6, 6.07) is -30.7. The number of benzene rings is 9. The van der Waals surface area contributed by atoms with E-state index in [1.54, 1.807) is 20.8 Å². The minimum Gasteiger partial charge on any atom is -0.468 e. The maximum atomic E-state index is 11.1. The Kier molecular flexibility index (Phi) is 3.48. The van der Waals surface area contributed by atoms with Crippen LogP contribution in [-0.4, -0.2) is 11.3 Å². The summed E-state index contributed by atoms with van der Waals surface area (Å²) < 4.78 is 319. The normalized spacial score (nSPS) is 20.2. The first-order chi connectivity index (χ1) is 46.2. The summed E-state index contributed by atoms with van der Waals surface area (Å²) in [7, 11) is 0. The molecule has 0 N–H and O–H groups in total. The van der Waals surface area contributed by atoms with Gasteiger partial charge in [-0.05, 0) is 113 Å². The number of fused-ring (bicyclic) bond motifs is 14. The highest BCUT2D eigenvalue weighted by Crippen LogP contribution is 2.55. The van der Waals surface area contributed by atoms with Crippen molar-refractivity contribution in [2.45, 2.75) is 26.2 Å². The molecule has 67 heavy (non-hydrogen) atoms. The van der Waals surface area contributed by atoms with E-state index >= 15 is 0 Å². The highest BCUT2D eigenvalue weighted by atomic mass is 16.3. The predicted octanol–water partition coefficient (Wildman–Crippen LogP) is 14.6. The van der Waals surface area contributed by atoms with E-state index in [1.807, 2.05) is 0 Å². The number of aromatic nitrogens is 1. The van der Waals surface area contributed by atoms with E-state index < -0.39 is 334 Å². The Labute approximate surface area is 432 Å². The Morgan fingerprint density at radius 1 is 0.478 bits per heavy atom. The quantitative estimate of drug-likeness (QED) is 0.165. The van der Waals surface area contributed by atoms with Crippen LogP contribution in [0.25, 0.3) is 60.4 Å². The zero-order chi connectivity index (χ0) is 72.1. The van der Waals surface area contributed by atoms with Crippen LogP contribution < -0.4 is 31.3 Å². The molecule has 0 amide bonds. The minimum absolute atomic E-state index is 0.157. The van der Waals surface area contributed by atoms with E-state index in [4.69, 9.17) is 23.9 Å². The van der Waals surface area contributed by atoms with Crippen LogP contribution in [0.5, 0.6) is 0 Å². The fourth-order valence-electron chi connectivity index (χ4n) is 9.42. The van der Waals surface area contributed by atoms with Crippen molar-refractivity contribution in [2.75, 3.05) is 14.7 Å². The number of para-hydroxylation sites is 6. The van der Waals surface area contributed by atoms with Crippen LogP contribution in [0.4, 0.5) is 51.2 Å². The molecule has 0 bridgehead atoms. The number of furan rings is 2. The average molecular weight is 893 g/mol. The smallest absolute Gasteiger partial charge is 0.297 e. The SMILES string of the molecule is [2H]c1c([2H])c([2H])c(N(c2c([2H])c([2H])c([2H])c([2H])c2[2H])c2c([2H])c3c4c(c2[2H])N2c5c(c([2H])c([2H])c([2H])c5-n5c6c([2H])c([2H])c([2H])c([2H])c6c6c([2H])c([2H])c([2H])c2c65)B4c2oc4c([2H])c([2H])c(C(C)(C)C)c([2H])c4c2N3c2c([2H])c([2H])c3oc4c([2H])c([2H])c([2H])c([2H])c4c3c2[2H])c([2H])c1[2H]. The Hall–Kier alpha value is -8.42. The Morgan fingerprint density at radius 3 is 1.91 bits per heavy atom. The summed E-state index contributed by atoms with van der Waals surface area (Å²) in [6.07, 6.45) is 0. The summed E-state index contributed by atoms with van der Waals surface area (Å²) >= 11 is 0. The van der Waals surface area contributed by atoms with Gasteiger partial charge in [-0.3, -0.25) is 0 Å². The van der Waals surface area contributed by atoms with Gasteiger partial charge in [0.25, 0.3) is 6.71 Å². The molecule has 12 aromatic rings. The molecule has 9 aromatic carbocycles. The predicted molar refractivity (Wildman–Crippen MR) is 279 cm³/mol. The Morgan fingerprint density at radius 2 is 1.12 bits per heavy atom. The Balaban J connectivity index is 1.29. The van der Waals surface area contributed by atoms with Crippen LogP contribution >= 0.6 is 0 Å². The molecule has 7 heteroatoms. The molecule has 3 aliphatic rings. The first-order valence-corrected chi connectivity index (χ1v) is 20.6. The lowest BCUT2D eigenvalue weighted by molar-refractivity contribution is 0.590. The summed E-state index contributed by atoms with van der Waals surface area (Å²) in [5.41, 5.74) is -14.2. The molecular weight excluding hydrogens is 819 g/mol. The average Bonchev–Trinajstić information content (AvgIpc) is 1.63. The van der Waals surface area contributed by atoms with Gasteiger partial charge in [0.15, 0.2) is 0 Å². The van der Waals surface area contributed by atoms with Crippen molar-refractivity contribution >= 4 is 129 Å². The molecule has 6 nitrogen and oxygen atoms in total. The van der Waals surface area contributed by atoms with Crippen molar-refractivity contribution in [3.8, 4) is 5.69 Å². The van der Waals surface area contributed by atoms with Crippen LogP contribution in [0, 0.1) is 0 Å². The fraction of sp³-hybridized carbons (Fsp3) is 0.0667. The third kappa shape index (κ3) is 4.95. The Bertz CT molecular complexity index is 5870. The van der Waals surface area contributed by atoms with Gasteiger partial charge in [-0.25, -0.2) is 0 Å². The van der Waals surface area contributed by atoms with Gasteiger partial charge < -0.3 is 28.1 Å². The third-order valence-electron chi connectivity index (χ3n) is 12.2. The molecule has 3 aromatic heterocycles. The molecule has 0 spiro atoms. The monoisotopic (exact) mass is 893 g/mol. The molecule has 0 saturated heterocycles. The van der Waals surface area contributed by atoms with Crippen molar-refractivity contribution in [3.63, 3.8) is 0 Å². The molecule has 316 valence electrons. The number of anilines is 9. The van der Waals surface area contributed by atoms with E-state index in [0.717, 1.165) is 14.4 Å². The van der Waals surface area contributed by atoms with Crippen molar-refractivity contribution in [2.24, 2.45) is 0 Å². The van der Waals surface area contributed by atoms with E-state index in [1.165, 1.54) is 0 Å². The third-order valence-corrected chi connectivity index (χ3v) is 12.2. The molecule has 0 aliphatic carbocycles. The summed E-state index contributed by atoms with van der Waals surface area (Å²) in [4.78, 5) is 2.24. The minimum atomic E-state index is -2.07. The summed E-state index contributed by atoms with van der Waals surface area (Å²) in [6.45, 7) is 2.72. The molecule has 0 fully saturated rings. The van der Waals surface area contributed by atoms with Crippen molar-refractivity contribution in [1.82, 2.24) is 4.57 Å². The first-order valence-electron chi connectivity index (χ1n) is 36.6. The number of hydrogen-bond donors (Lipinski definition) is 0. The van der Waals surface area contributed by atoms with Crippen LogP contribution in [0.1, 0.15) is 70.2 Å². The zero-order valence-corrected chi connectivity index (χ0v) is 34.7. The molecule has 0 radical (unpaired) electrons. The highest BCUT2D eigenvalue weighted by molar-refractivity contribution is 7.00. The standard InChI is InChI=1S/C60H41BN4O2/c1-60(2,3)36-28-30-54-45(32-36)57-59(67-54)61-46-23-15-26-49-58(46)65(48-25-14-22-43-41-20-10-12-24-47(41)64(49)56(43)48)51-35-40(62(37-16-6-4-7-17-37)38-18-8-5-9-19-38)34-50(55(51)61)63(57)39-29-31-53-44(33-39)42-21-11-13-27-52(42)66-53/h4-35H,1-3H3/i4D,5D,6D,7D,8D,9D,10D,11D,12D,13D,14D,15D,16D,17D,18D,19D,20D,21D,22D,23D,24D,25D,26D,27D,28D,29D,30D,31D,32D,33D,34D,35D. The second-order valence-electron chi connectivity index (χ2n) is 16.8. The van der Waals surface area contributed by atoms with Crippen molar-refractivity contribution in [3.05, 3.63) is 199 Å². The van der Waals surface area contributed by atoms with Crippen LogP contribution in [0.15, 0.2) is 202 Å². The maximum Gasteiger partial charge on any atom is 0.297 e. The fourth-order valence-corrected chi connectivity index (χ4v) is 9.42. The van der Waals surface area contributed by atoms with Gasteiger partial charge in [0.1, 0.15) is 16.7 Å². The number of nitrogens with zero attached hydrogens (tertiary/aromatic N) is 4. The lowest BCUT2D eigenvalue weighted by atomic mass is 9.35. The van der Waals surface area contributed by atoms with E-state index in [2.05, 4.69) is 0 Å². The van der Waals surface area contributed by atoms with Crippen LogP contribution in [-0.2, 0) is 5.41 Å². The van der Waals surface area contributed by atoms with E-state index in [-0.39, 0.29) is 5.56 Å². The van der Waals surface area contributed by atoms with Crippen molar-refractivity contribution < 1.29 is 52.7 Å². The van der Waals surface area contributed by atoms with E-state index in [9.17, 15) is 28.8 Å². The first kappa shape index (κ1) is 17.8. The van der Waals surface area contributed by atoms with Gasteiger partial charge in [0, 0.05) is 55.4 Å². The molecule has 0 unspecified atom stereocenters. The van der Waals surface area contributed by atoms with Crippen molar-refractivity contribution in [1.29, 1.82) is 0 Å². The molecular formula is C60H41BN4O2. The summed E-state index contributed by atoms with van der Waals surface area (Å²) in [5, 5.41) is -2.53. The molecule has 6 heterocycles. The number of hydrogen-bond acceptors (Lipinski definition) is 5. The van der Waals surface area contributed by atoms with Gasteiger partial charge in [-0.1, -0.05) is 123 Å². The van der Waals surface area contributed by atoms with Gasteiger partial charge in [-0.15, -0.1) is 0 Å². The number of rotatable bonds is 4.